The summed E-state index contributed by atoms with van der Waals surface area (Å²) in [5, 5.41) is 16.8. The van der Waals surface area contributed by atoms with Crippen molar-refractivity contribution in [1.82, 2.24) is 10.6 Å². The normalized spacial score (nSPS) is 9.53. The molecule has 0 aliphatic rings. The molecule has 0 radical (unpaired) electrons. The van der Waals surface area contributed by atoms with E-state index < -0.39 is 12.1 Å². The average molecular weight is 267 g/mol. The molecule has 4 N–H and O–H groups in total. The van der Waals surface area contributed by atoms with Crippen LogP contribution in [0.1, 0.15) is 6.92 Å². The molecule has 104 valence electrons. The minimum absolute atomic E-state index is 0.0711. The van der Waals surface area contributed by atoms with Gasteiger partial charge in [-0.05, 0) is 19.1 Å². The Balaban J connectivity index is 2.20. The zero-order valence-electron chi connectivity index (χ0n) is 10.6. The number of ether oxygens (including phenoxy) is 1. The third kappa shape index (κ3) is 6.16. The van der Waals surface area contributed by atoms with Crippen molar-refractivity contribution in [3.8, 4) is 5.75 Å². The molecule has 0 aliphatic heterocycles. The quantitative estimate of drug-likeness (QED) is 0.603. The van der Waals surface area contributed by atoms with Gasteiger partial charge in [-0.2, -0.15) is 0 Å². The smallest absolute Gasteiger partial charge is 0.407 e. The van der Waals surface area contributed by atoms with Gasteiger partial charge in [0, 0.05) is 24.8 Å². The van der Waals surface area contributed by atoms with Crippen LogP contribution >= 0.6 is 0 Å². The van der Waals surface area contributed by atoms with Gasteiger partial charge in [0.25, 0.3) is 0 Å². The Morgan fingerprint density at radius 1 is 1.26 bits per heavy atom. The zero-order chi connectivity index (χ0) is 14.1. The number of amides is 3. The Morgan fingerprint density at radius 3 is 2.68 bits per heavy atom. The van der Waals surface area contributed by atoms with Crippen molar-refractivity contribution < 1.29 is 19.4 Å². The van der Waals surface area contributed by atoms with E-state index in [1.807, 2.05) is 0 Å². The molecule has 0 atom stereocenters. The summed E-state index contributed by atoms with van der Waals surface area (Å²) < 4.78 is 4.65. The lowest BCUT2D eigenvalue weighted by molar-refractivity contribution is 0.152. The summed E-state index contributed by atoms with van der Waals surface area (Å²) in [4.78, 5) is 22.4. The molecular formula is C12H17N3O4. The fourth-order valence-electron chi connectivity index (χ4n) is 1.28. The highest BCUT2D eigenvalue weighted by Gasteiger charge is 2.02. The van der Waals surface area contributed by atoms with E-state index in [1.54, 1.807) is 19.1 Å². The van der Waals surface area contributed by atoms with E-state index in [0.29, 0.717) is 12.3 Å². The van der Waals surface area contributed by atoms with Gasteiger partial charge >= 0.3 is 12.1 Å². The highest BCUT2D eigenvalue weighted by Crippen LogP contribution is 2.14. The van der Waals surface area contributed by atoms with Crippen LogP contribution in [0.2, 0.25) is 0 Å². The lowest BCUT2D eigenvalue weighted by Crippen LogP contribution is -2.36. The predicted molar refractivity (Wildman–Crippen MR) is 70.2 cm³/mol. The number of urea groups is 1. The van der Waals surface area contributed by atoms with Crippen LogP contribution in [0.5, 0.6) is 5.75 Å². The zero-order valence-corrected chi connectivity index (χ0v) is 10.6. The molecule has 3 amide bonds. The second-order valence-electron chi connectivity index (χ2n) is 3.58. The van der Waals surface area contributed by atoms with E-state index in [2.05, 4.69) is 20.7 Å². The number of hydrogen-bond acceptors (Lipinski definition) is 4. The van der Waals surface area contributed by atoms with Crippen molar-refractivity contribution in [3.05, 3.63) is 24.3 Å². The summed E-state index contributed by atoms with van der Waals surface area (Å²) in [6.07, 6.45) is -0.516. The summed E-state index contributed by atoms with van der Waals surface area (Å²) in [5.74, 6) is 0.0711. The molecule has 19 heavy (non-hydrogen) atoms. The van der Waals surface area contributed by atoms with Crippen molar-refractivity contribution in [2.75, 3.05) is 25.0 Å². The molecule has 0 saturated heterocycles. The van der Waals surface area contributed by atoms with E-state index in [0.717, 1.165) is 0 Å². The number of anilines is 1. The Labute approximate surface area is 111 Å². The first-order chi connectivity index (χ1) is 9.11. The highest BCUT2D eigenvalue weighted by atomic mass is 16.5. The van der Waals surface area contributed by atoms with Gasteiger partial charge in [0.15, 0.2) is 0 Å². The van der Waals surface area contributed by atoms with Crippen LogP contribution in [0.3, 0.4) is 0 Å². The first-order valence-corrected chi connectivity index (χ1v) is 5.86. The first-order valence-electron chi connectivity index (χ1n) is 5.86. The molecule has 0 unspecified atom stereocenters. The van der Waals surface area contributed by atoms with Crippen molar-refractivity contribution in [2.24, 2.45) is 0 Å². The molecule has 0 saturated carbocycles. The Hall–Kier alpha value is -2.44. The number of rotatable bonds is 5. The van der Waals surface area contributed by atoms with Gasteiger partial charge in [0.05, 0.1) is 6.61 Å². The number of aromatic hydroxyl groups is 1. The Kier molecular flexibility index (Phi) is 6.00. The number of benzene rings is 1. The number of nitrogens with one attached hydrogen (secondary N) is 3. The molecule has 7 heteroatoms. The van der Waals surface area contributed by atoms with Crippen LogP contribution in [0.15, 0.2) is 24.3 Å². The minimum atomic E-state index is -0.516. The van der Waals surface area contributed by atoms with Crippen LogP contribution in [0.25, 0.3) is 0 Å². The number of carbonyl (C=O) groups is 2. The van der Waals surface area contributed by atoms with Gasteiger partial charge in [-0.25, -0.2) is 9.59 Å². The SMILES string of the molecule is CCOC(=O)NCCNC(=O)Nc1cccc(O)c1. The summed E-state index contributed by atoms with van der Waals surface area (Å²) >= 11 is 0. The van der Waals surface area contributed by atoms with E-state index in [4.69, 9.17) is 0 Å². The first kappa shape index (κ1) is 14.6. The lowest BCUT2D eigenvalue weighted by Gasteiger charge is -2.08. The average Bonchev–Trinajstić information content (AvgIpc) is 2.35. The monoisotopic (exact) mass is 267 g/mol. The molecule has 7 nitrogen and oxygen atoms in total. The van der Waals surface area contributed by atoms with Crippen LogP contribution in [0, 0.1) is 0 Å². The number of hydrogen-bond donors (Lipinski definition) is 4. The van der Waals surface area contributed by atoms with Crippen molar-refractivity contribution in [2.45, 2.75) is 6.92 Å². The van der Waals surface area contributed by atoms with Gasteiger partial charge in [-0.3, -0.25) is 0 Å². The topological polar surface area (TPSA) is 99.7 Å². The number of phenolic OH excluding ortho intramolecular Hbond substituents is 1. The highest BCUT2D eigenvalue weighted by molar-refractivity contribution is 5.89. The van der Waals surface area contributed by atoms with Crippen LogP contribution < -0.4 is 16.0 Å². The molecule has 0 fully saturated rings. The fraction of sp³-hybridized carbons (Fsp3) is 0.333. The van der Waals surface area contributed by atoms with E-state index in [1.165, 1.54) is 12.1 Å². The van der Waals surface area contributed by atoms with Crippen molar-refractivity contribution in [3.63, 3.8) is 0 Å². The van der Waals surface area contributed by atoms with Crippen molar-refractivity contribution >= 4 is 17.8 Å². The minimum Gasteiger partial charge on any atom is -0.508 e. The number of carbonyl (C=O) groups excluding carboxylic acids is 2. The molecule has 0 aliphatic carbocycles. The van der Waals surface area contributed by atoms with E-state index in [-0.39, 0.29) is 18.8 Å². The third-order valence-corrected chi connectivity index (χ3v) is 2.06. The van der Waals surface area contributed by atoms with Gasteiger partial charge in [-0.1, -0.05) is 6.07 Å². The number of phenols is 1. The lowest BCUT2D eigenvalue weighted by atomic mass is 10.3. The molecule has 1 aromatic rings. The second kappa shape index (κ2) is 7.80. The molecule has 1 rings (SSSR count). The maximum atomic E-state index is 11.4. The predicted octanol–water partition coefficient (Wildman–Crippen LogP) is 1.26. The van der Waals surface area contributed by atoms with Crippen LogP contribution in [-0.4, -0.2) is 36.9 Å². The van der Waals surface area contributed by atoms with Gasteiger partial charge in [0.2, 0.25) is 0 Å². The maximum Gasteiger partial charge on any atom is 0.407 e. The summed E-state index contributed by atoms with van der Waals surface area (Å²) in [6, 6.07) is 5.78. The second-order valence-corrected chi connectivity index (χ2v) is 3.58. The Morgan fingerprint density at radius 2 is 2.00 bits per heavy atom. The molecule has 0 heterocycles. The number of alkyl carbamates (subject to hydrolysis) is 1. The summed E-state index contributed by atoms with van der Waals surface area (Å²) in [5.41, 5.74) is 0.482. The fourth-order valence-corrected chi connectivity index (χ4v) is 1.28. The largest absolute Gasteiger partial charge is 0.508 e. The van der Waals surface area contributed by atoms with Gasteiger partial charge in [0.1, 0.15) is 5.75 Å². The van der Waals surface area contributed by atoms with Crippen LogP contribution in [0.4, 0.5) is 15.3 Å². The molecular weight excluding hydrogens is 250 g/mol. The molecule has 0 bridgehead atoms. The molecule has 1 aromatic carbocycles. The van der Waals surface area contributed by atoms with Gasteiger partial charge in [-0.15, -0.1) is 0 Å². The van der Waals surface area contributed by atoms with Crippen LogP contribution in [-0.2, 0) is 4.74 Å². The standard InChI is InChI=1S/C12H17N3O4/c1-2-19-12(18)14-7-6-13-11(17)15-9-4-3-5-10(16)8-9/h3-5,8,16H,2,6-7H2,1H3,(H,14,18)(H2,13,15,17). The molecule has 0 aromatic heterocycles. The van der Waals surface area contributed by atoms with Crippen molar-refractivity contribution in [1.29, 1.82) is 0 Å². The van der Waals surface area contributed by atoms with E-state index in [9.17, 15) is 14.7 Å². The maximum absolute atomic E-state index is 11.4. The van der Waals surface area contributed by atoms with E-state index >= 15 is 0 Å². The van der Waals surface area contributed by atoms with Gasteiger partial charge < -0.3 is 25.8 Å². The molecule has 0 spiro atoms. The third-order valence-electron chi connectivity index (χ3n) is 2.06. The summed E-state index contributed by atoms with van der Waals surface area (Å²) in [7, 11) is 0. The Bertz CT molecular complexity index is 437. The summed E-state index contributed by atoms with van der Waals surface area (Å²) in [6.45, 7) is 2.55.